The number of rotatable bonds is 7. The van der Waals surface area contributed by atoms with Crippen LogP contribution in [0.25, 0.3) is 0 Å². The SMILES string of the molecule is CCCCCOc1ccccc1.COCc1ccccc1. The molecule has 0 bridgehead atoms. The van der Waals surface area contributed by atoms with Crippen molar-refractivity contribution in [2.45, 2.75) is 32.8 Å². The molecular formula is C19H26O2. The second-order valence-electron chi connectivity index (χ2n) is 4.79. The normalized spacial score (nSPS) is 9.62. The van der Waals surface area contributed by atoms with Crippen LogP contribution in [0.2, 0.25) is 0 Å². The van der Waals surface area contributed by atoms with Gasteiger partial charge in [-0.1, -0.05) is 68.3 Å². The Bertz CT molecular complexity index is 440. The highest BCUT2D eigenvalue weighted by Crippen LogP contribution is 2.08. The second kappa shape index (κ2) is 12.0. The summed E-state index contributed by atoms with van der Waals surface area (Å²) in [6, 6.07) is 20.1. The molecule has 0 radical (unpaired) electrons. The Labute approximate surface area is 128 Å². The van der Waals surface area contributed by atoms with E-state index in [0.29, 0.717) is 6.61 Å². The first-order valence-corrected chi connectivity index (χ1v) is 7.57. The molecule has 2 aromatic rings. The van der Waals surface area contributed by atoms with E-state index in [0.717, 1.165) is 18.8 Å². The van der Waals surface area contributed by atoms with E-state index in [-0.39, 0.29) is 0 Å². The number of methoxy groups -OCH3 is 1. The van der Waals surface area contributed by atoms with Crippen LogP contribution < -0.4 is 4.74 Å². The summed E-state index contributed by atoms with van der Waals surface area (Å²) in [6.45, 7) is 3.75. The highest BCUT2D eigenvalue weighted by Gasteiger charge is 1.90. The van der Waals surface area contributed by atoms with Crippen LogP contribution in [0.3, 0.4) is 0 Å². The summed E-state index contributed by atoms with van der Waals surface area (Å²) in [5, 5.41) is 0. The third-order valence-corrected chi connectivity index (χ3v) is 2.91. The standard InChI is InChI=1S/C11H16O.C8H10O/c1-2-3-7-10-12-11-8-5-4-6-9-11;1-9-7-8-5-3-2-4-6-8/h4-6,8-9H,2-3,7,10H2,1H3;2-6H,7H2,1H3. The zero-order valence-corrected chi connectivity index (χ0v) is 13.1. The van der Waals surface area contributed by atoms with Crippen LogP contribution in [0.5, 0.6) is 5.75 Å². The first-order chi connectivity index (χ1) is 10.4. The molecule has 2 rings (SSSR count). The van der Waals surface area contributed by atoms with Crippen molar-refractivity contribution < 1.29 is 9.47 Å². The van der Waals surface area contributed by atoms with Gasteiger partial charge in [-0.3, -0.25) is 0 Å². The topological polar surface area (TPSA) is 18.5 Å². The molecule has 2 aromatic carbocycles. The van der Waals surface area contributed by atoms with Crippen LogP contribution in [0.15, 0.2) is 60.7 Å². The molecule has 0 fully saturated rings. The van der Waals surface area contributed by atoms with Crippen molar-refractivity contribution in [2.75, 3.05) is 13.7 Å². The summed E-state index contributed by atoms with van der Waals surface area (Å²) >= 11 is 0. The molecule has 0 N–H and O–H groups in total. The van der Waals surface area contributed by atoms with Crippen molar-refractivity contribution in [1.29, 1.82) is 0 Å². The second-order valence-corrected chi connectivity index (χ2v) is 4.79. The lowest BCUT2D eigenvalue weighted by molar-refractivity contribution is 0.185. The Morgan fingerprint density at radius 1 is 0.810 bits per heavy atom. The molecule has 0 heterocycles. The van der Waals surface area contributed by atoms with Crippen molar-refractivity contribution in [3.63, 3.8) is 0 Å². The van der Waals surface area contributed by atoms with E-state index in [1.54, 1.807) is 7.11 Å². The third-order valence-electron chi connectivity index (χ3n) is 2.91. The van der Waals surface area contributed by atoms with Gasteiger partial charge in [-0.15, -0.1) is 0 Å². The van der Waals surface area contributed by atoms with E-state index in [9.17, 15) is 0 Å². The van der Waals surface area contributed by atoms with Crippen LogP contribution >= 0.6 is 0 Å². The Morgan fingerprint density at radius 2 is 1.43 bits per heavy atom. The fourth-order valence-corrected chi connectivity index (χ4v) is 1.80. The van der Waals surface area contributed by atoms with Crippen LogP contribution in [0, 0.1) is 0 Å². The molecule has 0 aliphatic rings. The molecule has 0 spiro atoms. The maximum Gasteiger partial charge on any atom is 0.119 e. The Morgan fingerprint density at radius 3 is 2.00 bits per heavy atom. The largest absolute Gasteiger partial charge is 0.494 e. The minimum atomic E-state index is 0.709. The molecule has 21 heavy (non-hydrogen) atoms. The lowest BCUT2D eigenvalue weighted by atomic mass is 10.2. The molecule has 2 nitrogen and oxygen atoms in total. The van der Waals surface area contributed by atoms with Gasteiger partial charge in [-0.2, -0.15) is 0 Å². The number of hydrogen-bond donors (Lipinski definition) is 0. The summed E-state index contributed by atoms with van der Waals surface area (Å²) in [5.41, 5.74) is 1.22. The molecule has 0 saturated carbocycles. The first kappa shape index (κ1) is 17.3. The Balaban J connectivity index is 0.000000219. The molecule has 0 aliphatic carbocycles. The molecule has 0 amide bonds. The average molecular weight is 286 g/mol. The van der Waals surface area contributed by atoms with E-state index < -0.39 is 0 Å². The van der Waals surface area contributed by atoms with E-state index in [4.69, 9.17) is 9.47 Å². The van der Waals surface area contributed by atoms with E-state index in [1.807, 2.05) is 60.7 Å². The maximum absolute atomic E-state index is 5.51. The highest BCUT2D eigenvalue weighted by molar-refractivity contribution is 5.20. The zero-order chi connectivity index (χ0) is 15.2. The van der Waals surface area contributed by atoms with E-state index in [2.05, 4.69) is 6.92 Å². The summed E-state index contributed by atoms with van der Waals surface area (Å²) in [7, 11) is 1.70. The van der Waals surface area contributed by atoms with Gasteiger partial charge in [-0.25, -0.2) is 0 Å². The van der Waals surface area contributed by atoms with Crippen LogP contribution in [-0.2, 0) is 11.3 Å². The fourth-order valence-electron chi connectivity index (χ4n) is 1.80. The number of benzene rings is 2. The van der Waals surface area contributed by atoms with Crippen molar-refractivity contribution >= 4 is 0 Å². The van der Waals surface area contributed by atoms with Gasteiger partial charge in [0.25, 0.3) is 0 Å². The molecular weight excluding hydrogens is 260 g/mol. The number of hydrogen-bond acceptors (Lipinski definition) is 2. The van der Waals surface area contributed by atoms with Gasteiger partial charge in [0, 0.05) is 7.11 Å². The van der Waals surface area contributed by atoms with E-state index in [1.165, 1.54) is 18.4 Å². The van der Waals surface area contributed by atoms with Gasteiger partial charge in [0.1, 0.15) is 5.75 Å². The van der Waals surface area contributed by atoms with Gasteiger partial charge in [0.15, 0.2) is 0 Å². The number of unbranched alkanes of at least 4 members (excludes halogenated alkanes) is 2. The zero-order valence-electron chi connectivity index (χ0n) is 13.1. The van der Waals surface area contributed by atoms with Crippen molar-refractivity contribution in [3.8, 4) is 5.75 Å². The summed E-state index contributed by atoms with van der Waals surface area (Å²) in [5.74, 6) is 0.980. The van der Waals surface area contributed by atoms with Gasteiger partial charge in [0.05, 0.1) is 13.2 Å². The predicted octanol–water partition coefficient (Wildman–Crippen LogP) is 5.09. The maximum atomic E-state index is 5.51. The van der Waals surface area contributed by atoms with Crippen molar-refractivity contribution in [3.05, 3.63) is 66.2 Å². The summed E-state index contributed by atoms with van der Waals surface area (Å²) in [6.07, 6.45) is 3.66. The Kier molecular flexibility index (Phi) is 9.84. The molecule has 0 aromatic heterocycles. The molecule has 114 valence electrons. The lowest BCUT2D eigenvalue weighted by Crippen LogP contribution is -1.96. The average Bonchev–Trinajstić information content (AvgIpc) is 2.55. The fraction of sp³-hybridized carbons (Fsp3) is 0.368. The minimum Gasteiger partial charge on any atom is -0.494 e. The van der Waals surface area contributed by atoms with Crippen LogP contribution in [-0.4, -0.2) is 13.7 Å². The summed E-state index contributed by atoms with van der Waals surface area (Å²) < 4.78 is 10.4. The van der Waals surface area contributed by atoms with Crippen LogP contribution in [0.4, 0.5) is 0 Å². The van der Waals surface area contributed by atoms with E-state index >= 15 is 0 Å². The summed E-state index contributed by atoms with van der Waals surface area (Å²) in [4.78, 5) is 0. The van der Waals surface area contributed by atoms with Gasteiger partial charge >= 0.3 is 0 Å². The first-order valence-electron chi connectivity index (χ1n) is 7.57. The predicted molar refractivity (Wildman–Crippen MR) is 88.6 cm³/mol. The van der Waals surface area contributed by atoms with Gasteiger partial charge in [-0.05, 0) is 24.1 Å². The highest BCUT2D eigenvalue weighted by atomic mass is 16.5. The van der Waals surface area contributed by atoms with Gasteiger partial charge < -0.3 is 9.47 Å². The molecule has 2 heteroatoms. The third kappa shape index (κ3) is 8.87. The smallest absolute Gasteiger partial charge is 0.119 e. The van der Waals surface area contributed by atoms with Crippen molar-refractivity contribution in [2.24, 2.45) is 0 Å². The molecule has 0 unspecified atom stereocenters. The monoisotopic (exact) mass is 286 g/mol. The molecule has 0 atom stereocenters. The van der Waals surface area contributed by atoms with Gasteiger partial charge in [0.2, 0.25) is 0 Å². The van der Waals surface area contributed by atoms with Crippen LogP contribution in [0.1, 0.15) is 31.7 Å². The minimum absolute atomic E-state index is 0.709. The Hall–Kier alpha value is -1.80. The number of para-hydroxylation sites is 1. The molecule has 0 saturated heterocycles. The lowest BCUT2D eigenvalue weighted by Gasteiger charge is -2.04. The van der Waals surface area contributed by atoms with Crippen molar-refractivity contribution in [1.82, 2.24) is 0 Å². The molecule has 0 aliphatic heterocycles. The number of ether oxygens (including phenoxy) is 2. The quantitative estimate of drug-likeness (QED) is 0.660.